The van der Waals surface area contributed by atoms with Gasteiger partial charge in [0.2, 0.25) is 0 Å². The van der Waals surface area contributed by atoms with Crippen molar-refractivity contribution in [1.29, 1.82) is 0 Å². The molecule has 0 fully saturated rings. The van der Waals surface area contributed by atoms with Crippen LogP contribution in [0.3, 0.4) is 0 Å². The molecule has 1 unspecified atom stereocenters. The van der Waals surface area contributed by atoms with E-state index in [9.17, 15) is 0 Å². The first kappa shape index (κ1) is 12.5. The lowest BCUT2D eigenvalue weighted by molar-refractivity contribution is 0.327. The maximum atomic E-state index is 8.91. The molecule has 1 N–H and O–H groups in total. The van der Waals surface area contributed by atoms with Crippen molar-refractivity contribution in [2.75, 3.05) is 6.61 Å². The highest BCUT2D eigenvalue weighted by atomic mass is 127. The van der Waals surface area contributed by atoms with Gasteiger partial charge in [0.05, 0.1) is 6.61 Å². The number of halogens is 2. The smallest absolute Gasteiger partial charge is 0.0644 e. The Morgan fingerprint density at radius 3 is 2.50 bits per heavy atom. The molecule has 70 valence electrons. The van der Waals surface area contributed by atoms with Crippen molar-refractivity contribution < 1.29 is 5.11 Å². The van der Waals surface area contributed by atoms with Crippen molar-refractivity contribution in [3.63, 3.8) is 0 Å². The Hall–Kier alpha value is 0.460. The summed E-state index contributed by atoms with van der Waals surface area (Å²) in [7, 11) is 0. The lowest BCUT2D eigenvalue weighted by Gasteiger charge is -2.05. The molecule has 1 nitrogen and oxygen atoms in total. The molecule has 3 heteroatoms. The molecule has 0 bridgehead atoms. The minimum Gasteiger partial charge on any atom is -0.392 e. The Labute approximate surface area is 92.6 Å². The Bertz CT molecular complexity index is 179. The SMILES string of the molecule is CC/C(=C\C(=C\Cl)C(C)I)CO. The zero-order valence-corrected chi connectivity index (χ0v) is 10.3. The Morgan fingerprint density at radius 2 is 2.25 bits per heavy atom. The van der Waals surface area contributed by atoms with Gasteiger partial charge in [-0.2, -0.15) is 0 Å². The van der Waals surface area contributed by atoms with Gasteiger partial charge in [0.15, 0.2) is 0 Å². The van der Waals surface area contributed by atoms with Gasteiger partial charge in [-0.15, -0.1) is 0 Å². The molecule has 0 aromatic rings. The molecule has 0 spiro atoms. The predicted octanol–water partition coefficient (Wildman–Crippen LogP) is 3.26. The fourth-order valence-corrected chi connectivity index (χ4v) is 1.55. The standard InChI is InChI=1S/C9H14ClIO/c1-3-8(6-12)4-9(5-10)7(2)11/h4-5,7,12H,3,6H2,1-2H3/b8-4+,9-5-. The van der Waals surface area contributed by atoms with E-state index in [0.29, 0.717) is 3.92 Å². The highest BCUT2D eigenvalue weighted by Gasteiger charge is 2.01. The number of alkyl halides is 1. The summed E-state index contributed by atoms with van der Waals surface area (Å²) in [5.41, 5.74) is 3.65. The largest absolute Gasteiger partial charge is 0.392 e. The van der Waals surface area contributed by atoms with Crippen LogP contribution in [-0.2, 0) is 0 Å². The van der Waals surface area contributed by atoms with Gasteiger partial charge in [-0.05, 0) is 24.5 Å². The van der Waals surface area contributed by atoms with Gasteiger partial charge in [0.1, 0.15) is 0 Å². The number of aliphatic hydroxyl groups is 1. The number of hydrogen-bond acceptors (Lipinski definition) is 1. The summed E-state index contributed by atoms with van der Waals surface area (Å²) < 4.78 is 0.383. The fourth-order valence-electron chi connectivity index (χ4n) is 0.728. The van der Waals surface area contributed by atoms with Gasteiger partial charge in [-0.1, -0.05) is 47.2 Å². The molecule has 0 aliphatic carbocycles. The Balaban J connectivity index is 4.45. The van der Waals surface area contributed by atoms with Crippen molar-refractivity contribution >= 4 is 34.2 Å². The molecule has 0 aliphatic heterocycles. The van der Waals surface area contributed by atoms with Crippen LogP contribution in [0.25, 0.3) is 0 Å². The van der Waals surface area contributed by atoms with Crippen LogP contribution in [0.2, 0.25) is 0 Å². The van der Waals surface area contributed by atoms with Gasteiger partial charge >= 0.3 is 0 Å². The van der Waals surface area contributed by atoms with E-state index in [-0.39, 0.29) is 6.61 Å². The highest BCUT2D eigenvalue weighted by Crippen LogP contribution is 2.17. The van der Waals surface area contributed by atoms with Gasteiger partial charge < -0.3 is 5.11 Å². The minimum atomic E-state index is 0.119. The van der Waals surface area contributed by atoms with E-state index in [2.05, 4.69) is 29.5 Å². The second kappa shape index (κ2) is 6.92. The van der Waals surface area contributed by atoms with Crippen LogP contribution in [0.4, 0.5) is 0 Å². The second-order valence-electron chi connectivity index (χ2n) is 2.54. The third kappa shape index (κ3) is 4.48. The second-order valence-corrected chi connectivity index (χ2v) is 4.63. The number of hydrogen-bond donors (Lipinski definition) is 1. The molecular formula is C9H14ClIO. The van der Waals surface area contributed by atoms with Crippen molar-refractivity contribution in [1.82, 2.24) is 0 Å². The van der Waals surface area contributed by atoms with E-state index in [4.69, 9.17) is 16.7 Å². The zero-order valence-electron chi connectivity index (χ0n) is 7.35. The van der Waals surface area contributed by atoms with Crippen LogP contribution < -0.4 is 0 Å². The van der Waals surface area contributed by atoms with E-state index in [0.717, 1.165) is 17.6 Å². The van der Waals surface area contributed by atoms with Gasteiger partial charge in [-0.3, -0.25) is 0 Å². The first-order valence-corrected chi connectivity index (χ1v) is 5.58. The summed E-state index contributed by atoms with van der Waals surface area (Å²) in [6, 6.07) is 0. The summed E-state index contributed by atoms with van der Waals surface area (Å²) in [5, 5.41) is 8.91. The lowest BCUT2D eigenvalue weighted by atomic mass is 10.1. The van der Waals surface area contributed by atoms with Crippen LogP contribution in [0, 0.1) is 0 Å². The van der Waals surface area contributed by atoms with Crippen LogP contribution in [0.5, 0.6) is 0 Å². The highest BCUT2D eigenvalue weighted by molar-refractivity contribution is 14.1. The Kier molecular flexibility index (Phi) is 7.19. The average molecular weight is 301 g/mol. The molecular weight excluding hydrogens is 286 g/mol. The first-order chi connectivity index (χ1) is 5.65. The third-order valence-electron chi connectivity index (χ3n) is 1.61. The van der Waals surface area contributed by atoms with Gasteiger partial charge in [-0.25, -0.2) is 0 Å². The monoisotopic (exact) mass is 300 g/mol. The van der Waals surface area contributed by atoms with Crippen molar-refractivity contribution in [2.24, 2.45) is 0 Å². The maximum Gasteiger partial charge on any atom is 0.0644 e. The van der Waals surface area contributed by atoms with Crippen LogP contribution in [0.1, 0.15) is 20.3 Å². The molecule has 0 aromatic carbocycles. The van der Waals surface area contributed by atoms with E-state index in [1.165, 1.54) is 0 Å². The third-order valence-corrected chi connectivity index (χ3v) is 2.58. The first-order valence-electron chi connectivity index (χ1n) is 3.90. The maximum absolute atomic E-state index is 8.91. The molecule has 12 heavy (non-hydrogen) atoms. The van der Waals surface area contributed by atoms with E-state index >= 15 is 0 Å². The van der Waals surface area contributed by atoms with Crippen LogP contribution in [0.15, 0.2) is 22.8 Å². The minimum absolute atomic E-state index is 0.119. The summed E-state index contributed by atoms with van der Waals surface area (Å²) in [4.78, 5) is 0. The molecule has 0 heterocycles. The fraction of sp³-hybridized carbons (Fsp3) is 0.556. The van der Waals surface area contributed by atoms with Crippen molar-refractivity contribution in [3.8, 4) is 0 Å². The van der Waals surface area contributed by atoms with Crippen molar-refractivity contribution in [2.45, 2.75) is 24.2 Å². The molecule has 0 aliphatic rings. The number of aliphatic hydroxyl groups excluding tert-OH is 1. The van der Waals surface area contributed by atoms with E-state index in [1.54, 1.807) is 5.54 Å². The quantitative estimate of drug-likeness (QED) is 0.480. The topological polar surface area (TPSA) is 20.2 Å². The number of rotatable bonds is 4. The van der Waals surface area contributed by atoms with Crippen LogP contribution >= 0.6 is 34.2 Å². The Morgan fingerprint density at radius 1 is 1.67 bits per heavy atom. The summed E-state index contributed by atoms with van der Waals surface area (Å²) in [5.74, 6) is 0. The molecule has 0 amide bonds. The van der Waals surface area contributed by atoms with Gasteiger partial charge in [0, 0.05) is 9.46 Å². The summed E-state index contributed by atoms with van der Waals surface area (Å²) in [6.07, 6.45) is 2.83. The van der Waals surface area contributed by atoms with Gasteiger partial charge in [0.25, 0.3) is 0 Å². The molecule has 0 radical (unpaired) electrons. The van der Waals surface area contributed by atoms with Crippen molar-refractivity contribution in [3.05, 3.63) is 22.8 Å². The summed E-state index contributed by atoms with van der Waals surface area (Å²) in [6.45, 7) is 4.20. The molecule has 0 rings (SSSR count). The molecule has 0 saturated heterocycles. The molecule has 0 saturated carbocycles. The predicted molar refractivity (Wildman–Crippen MR) is 62.9 cm³/mol. The number of allylic oxidation sites excluding steroid dienone is 2. The van der Waals surface area contributed by atoms with Crippen LogP contribution in [-0.4, -0.2) is 15.6 Å². The average Bonchev–Trinajstić information content (AvgIpc) is 2.06. The zero-order chi connectivity index (χ0) is 9.56. The normalized spacial score (nSPS) is 16.4. The van der Waals surface area contributed by atoms with E-state index < -0.39 is 0 Å². The molecule has 0 aromatic heterocycles. The van der Waals surface area contributed by atoms with E-state index in [1.807, 2.05) is 13.0 Å². The lowest BCUT2D eigenvalue weighted by Crippen LogP contribution is -1.96. The molecule has 1 atom stereocenters. The summed E-state index contributed by atoms with van der Waals surface area (Å²) >= 11 is 7.92.